The van der Waals surface area contributed by atoms with Crippen LogP contribution in [0.5, 0.6) is 11.5 Å². The Kier molecular flexibility index (Phi) is 9.08. The molecular formula is C28H25F3N2O5S. The van der Waals surface area contributed by atoms with E-state index in [1.165, 1.54) is 19.9 Å². The van der Waals surface area contributed by atoms with Gasteiger partial charge in [0.1, 0.15) is 23.2 Å². The van der Waals surface area contributed by atoms with Crippen molar-refractivity contribution >= 4 is 36.5 Å². The lowest BCUT2D eigenvalue weighted by molar-refractivity contribution is -0.142. The van der Waals surface area contributed by atoms with E-state index in [1.807, 2.05) is 6.07 Å². The van der Waals surface area contributed by atoms with Gasteiger partial charge in [0.15, 0.2) is 0 Å². The van der Waals surface area contributed by atoms with Gasteiger partial charge >= 0.3 is 12.1 Å². The van der Waals surface area contributed by atoms with E-state index in [-0.39, 0.29) is 11.3 Å². The normalized spacial score (nSPS) is 12.8. The van der Waals surface area contributed by atoms with E-state index in [4.69, 9.17) is 4.74 Å². The van der Waals surface area contributed by atoms with Crippen molar-refractivity contribution in [1.29, 1.82) is 0 Å². The predicted octanol–water partition coefficient (Wildman–Crippen LogP) is 5.55. The molecule has 0 aliphatic heterocycles. The van der Waals surface area contributed by atoms with Crippen LogP contribution in [0.2, 0.25) is 0 Å². The van der Waals surface area contributed by atoms with Gasteiger partial charge < -0.3 is 20.5 Å². The fourth-order valence-corrected chi connectivity index (χ4v) is 3.55. The van der Waals surface area contributed by atoms with Crippen LogP contribution in [0.15, 0.2) is 84.6 Å². The Balaban J connectivity index is 1.94. The number of carboxylic acids is 1. The van der Waals surface area contributed by atoms with E-state index in [1.54, 1.807) is 48.5 Å². The number of carbonyl (C=O) groups is 3. The average Bonchev–Trinajstić information content (AvgIpc) is 2.86. The van der Waals surface area contributed by atoms with Gasteiger partial charge in [-0.05, 0) is 74.0 Å². The SMILES string of the molecule is CC(C)(S)C(NC(=O)/C(=C\c1cccc(Oc2ccccc2)c1)NC(=O)c1ccc(C(F)(F)F)cc1)C(=O)O. The Morgan fingerprint density at radius 2 is 1.54 bits per heavy atom. The molecule has 0 heterocycles. The molecule has 39 heavy (non-hydrogen) atoms. The first-order chi connectivity index (χ1) is 18.2. The average molecular weight is 559 g/mol. The number of hydrogen-bond acceptors (Lipinski definition) is 5. The number of nitrogens with one attached hydrogen (secondary N) is 2. The van der Waals surface area contributed by atoms with Crippen molar-refractivity contribution in [2.24, 2.45) is 0 Å². The Labute approximate surface area is 228 Å². The van der Waals surface area contributed by atoms with Crippen LogP contribution in [0.25, 0.3) is 6.08 Å². The van der Waals surface area contributed by atoms with Crippen LogP contribution in [0.1, 0.15) is 35.3 Å². The summed E-state index contributed by atoms with van der Waals surface area (Å²) >= 11 is 4.24. The molecule has 0 bridgehead atoms. The maximum atomic E-state index is 13.2. The number of hydrogen-bond donors (Lipinski definition) is 4. The second kappa shape index (κ2) is 12.1. The summed E-state index contributed by atoms with van der Waals surface area (Å²) < 4.78 is 43.3. The van der Waals surface area contributed by atoms with Crippen LogP contribution in [0, 0.1) is 0 Å². The van der Waals surface area contributed by atoms with Gasteiger partial charge in [-0.2, -0.15) is 25.8 Å². The summed E-state index contributed by atoms with van der Waals surface area (Å²) in [5.74, 6) is -2.19. The number of para-hydroxylation sites is 1. The summed E-state index contributed by atoms with van der Waals surface area (Å²) in [5.41, 5.74) is -1.02. The molecule has 7 nitrogen and oxygen atoms in total. The molecule has 3 aromatic rings. The Morgan fingerprint density at radius 3 is 2.10 bits per heavy atom. The monoisotopic (exact) mass is 558 g/mol. The molecule has 0 spiro atoms. The third-order valence-corrected chi connectivity index (χ3v) is 5.60. The molecule has 11 heteroatoms. The van der Waals surface area contributed by atoms with Crippen molar-refractivity contribution in [3.63, 3.8) is 0 Å². The smallest absolute Gasteiger partial charge is 0.416 e. The Hall–Kier alpha value is -4.25. The van der Waals surface area contributed by atoms with Crippen LogP contribution < -0.4 is 15.4 Å². The highest BCUT2D eigenvalue weighted by Gasteiger charge is 2.35. The second-order valence-corrected chi connectivity index (χ2v) is 10.1. The van der Waals surface area contributed by atoms with E-state index in [0.29, 0.717) is 17.1 Å². The van der Waals surface area contributed by atoms with E-state index in [2.05, 4.69) is 23.3 Å². The lowest BCUT2D eigenvalue weighted by atomic mass is 10.0. The van der Waals surface area contributed by atoms with Crippen LogP contribution >= 0.6 is 12.6 Å². The lowest BCUT2D eigenvalue weighted by Gasteiger charge is -2.27. The van der Waals surface area contributed by atoms with Crippen molar-refractivity contribution in [2.45, 2.75) is 30.8 Å². The minimum atomic E-state index is -4.59. The molecule has 2 amide bonds. The van der Waals surface area contributed by atoms with E-state index >= 15 is 0 Å². The van der Waals surface area contributed by atoms with Gasteiger partial charge in [0.25, 0.3) is 11.8 Å². The van der Waals surface area contributed by atoms with Crippen LogP contribution in [-0.4, -0.2) is 33.7 Å². The van der Waals surface area contributed by atoms with E-state index < -0.39 is 40.3 Å². The molecule has 1 atom stereocenters. The number of aliphatic carboxylic acids is 1. The number of alkyl halides is 3. The van der Waals surface area contributed by atoms with Crippen molar-refractivity contribution in [2.75, 3.05) is 0 Å². The summed E-state index contributed by atoms with van der Waals surface area (Å²) in [7, 11) is 0. The van der Waals surface area contributed by atoms with Crippen molar-refractivity contribution in [3.05, 3.63) is 101 Å². The second-order valence-electron chi connectivity index (χ2n) is 8.97. The van der Waals surface area contributed by atoms with Gasteiger partial charge in [-0.3, -0.25) is 9.59 Å². The van der Waals surface area contributed by atoms with Crippen LogP contribution in [0.4, 0.5) is 13.2 Å². The Bertz CT molecular complexity index is 1370. The summed E-state index contributed by atoms with van der Waals surface area (Å²) in [6.07, 6.45) is -3.29. The lowest BCUT2D eigenvalue weighted by Crippen LogP contribution is -2.53. The highest BCUT2D eigenvalue weighted by atomic mass is 32.1. The summed E-state index contributed by atoms with van der Waals surface area (Å²) in [5, 5.41) is 14.3. The molecule has 1 unspecified atom stereocenters. The molecule has 0 radical (unpaired) electrons. The molecule has 0 fully saturated rings. The molecule has 0 saturated carbocycles. The molecule has 204 valence electrons. The molecule has 3 N–H and O–H groups in total. The molecule has 0 saturated heterocycles. The summed E-state index contributed by atoms with van der Waals surface area (Å²) in [4.78, 5) is 37.8. The fourth-order valence-electron chi connectivity index (χ4n) is 3.37. The zero-order valence-corrected chi connectivity index (χ0v) is 21.7. The summed E-state index contributed by atoms with van der Waals surface area (Å²) in [6, 6.07) is 17.4. The molecule has 3 aromatic carbocycles. The highest BCUT2D eigenvalue weighted by Crippen LogP contribution is 2.29. The highest BCUT2D eigenvalue weighted by molar-refractivity contribution is 7.81. The third-order valence-electron chi connectivity index (χ3n) is 5.34. The van der Waals surface area contributed by atoms with Crippen molar-refractivity contribution in [1.82, 2.24) is 10.6 Å². The number of rotatable bonds is 9. The minimum absolute atomic E-state index is 0.146. The fraction of sp³-hybridized carbons (Fsp3) is 0.179. The number of halogens is 3. The van der Waals surface area contributed by atoms with Gasteiger partial charge in [-0.1, -0.05) is 30.3 Å². The zero-order chi connectivity index (χ0) is 28.8. The quantitative estimate of drug-likeness (QED) is 0.204. The number of carbonyl (C=O) groups excluding carboxylic acids is 2. The van der Waals surface area contributed by atoms with Crippen molar-refractivity contribution in [3.8, 4) is 11.5 Å². The molecular weight excluding hydrogens is 533 g/mol. The largest absolute Gasteiger partial charge is 0.480 e. The van der Waals surface area contributed by atoms with E-state index in [9.17, 15) is 32.7 Å². The molecule has 3 rings (SSSR count). The maximum absolute atomic E-state index is 13.2. The first-order valence-electron chi connectivity index (χ1n) is 11.5. The van der Waals surface area contributed by atoms with Gasteiger partial charge in [-0.25, -0.2) is 4.79 Å². The van der Waals surface area contributed by atoms with E-state index in [0.717, 1.165) is 24.3 Å². The third kappa shape index (κ3) is 8.37. The van der Waals surface area contributed by atoms with Gasteiger partial charge in [0.2, 0.25) is 0 Å². The van der Waals surface area contributed by atoms with Gasteiger partial charge in [0.05, 0.1) is 5.56 Å². The molecule has 0 aliphatic carbocycles. The number of ether oxygens (including phenoxy) is 1. The summed E-state index contributed by atoms with van der Waals surface area (Å²) in [6.45, 7) is 2.98. The van der Waals surface area contributed by atoms with Crippen LogP contribution in [0.3, 0.4) is 0 Å². The minimum Gasteiger partial charge on any atom is -0.480 e. The topological polar surface area (TPSA) is 105 Å². The van der Waals surface area contributed by atoms with Gasteiger partial charge in [-0.15, -0.1) is 0 Å². The Morgan fingerprint density at radius 1 is 0.923 bits per heavy atom. The molecule has 0 aliphatic rings. The predicted molar refractivity (Wildman–Crippen MR) is 142 cm³/mol. The number of carboxylic acid groups (broad SMARTS) is 1. The van der Waals surface area contributed by atoms with Crippen molar-refractivity contribution < 1.29 is 37.4 Å². The number of benzene rings is 3. The maximum Gasteiger partial charge on any atom is 0.416 e. The first kappa shape index (κ1) is 29.3. The first-order valence-corrected chi connectivity index (χ1v) is 12.0. The molecule has 0 aromatic heterocycles. The zero-order valence-electron chi connectivity index (χ0n) is 20.8. The number of thiol groups is 1. The van der Waals surface area contributed by atoms with Gasteiger partial charge in [0, 0.05) is 10.3 Å². The van der Waals surface area contributed by atoms with Crippen LogP contribution in [-0.2, 0) is 15.8 Å². The standard InChI is InChI=1S/C28H25F3N2O5S/c1-27(2,39)23(26(36)37)33-25(35)22(32-24(34)18-11-13-19(14-12-18)28(29,30)31)16-17-7-6-10-21(15-17)38-20-8-4-3-5-9-20/h3-16,23,39H,1-2H3,(H,32,34)(H,33,35)(H,36,37)/b22-16+. The number of amides is 2.